The van der Waals surface area contributed by atoms with Crippen molar-refractivity contribution in [3.8, 4) is 0 Å². The summed E-state index contributed by atoms with van der Waals surface area (Å²) >= 11 is 0. The lowest BCUT2D eigenvalue weighted by Crippen LogP contribution is -2.66. The van der Waals surface area contributed by atoms with Gasteiger partial charge >= 0.3 is 5.97 Å². The zero-order chi connectivity index (χ0) is 24.7. The molecule has 0 unspecified atom stereocenters. The molecule has 1 atom stereocenters. The summed E-state index contributed by atoms with van der Waals surface area (Å²) < 4.78 is 12.1. The molecule has 0 spiro atoms. The van der Waals surface area contributed by atoms with Gasteiger partial charge in [0.25, 0.3) is 8.32 Å². The standard InChI is InChI=1S/C28H34O5Si/c1-27(2,3)34(24-15-9-5-10-16-24,25-17-11-6-12-18-25)33-20-19-28(31,21-29)22-32-26(30)23-13-7-4-8-14-23/h4-18,29,31H,19-22H2,1-3H3/t28-/m1/s1. The van der Waals surface area contributed by atoms with Crippen molar-refractivity contribution in [3.05, 3.63) is 96.6 Å². The van der Waals surface area contributed by atoms with E-state index in [1.807, 2.05) is 42.5 Å². The highest BCUT2D eigenvalue weighted by atomic mass is 28.4. The maximum Gasteiger partial charge on any atom is 0.338 e. The highest BCUT2D eigenvalue weighted by Crippen LogP contribution is 2.37. The number of esters is 1. The Morgan fingerprint density at radius 2 is 1.29 bits per heavy atom. The van der Waals surface area contributed by atoms with E-state index < -0.39 is 26.5 Å². The predicted octanol–water partition coefficient (Wildman–Crippen LogP) is 3.53. The van der Waals surface area contributed by atoms with Crippen molar-refractivity contribution < 1.29 is 24.2 Å². The third-order valence-corrected chi connectivity index (χ3v) is 11.1. The summed E-state index contributed by atoms with van der Waals surface area (Å²) in [6.07, 6.45) is 0.121. The lowest BCUT2D eigenvalue weighted by molar-refractivity contribution is -0.0741. The number of ether oxygens (including phenoxy) is 1. The molecule has 0 fully saturated rings. The fourth-order valence-electron chi connectivity index (χ4n) is 4.21. The summed E-state index contributed by atoms with van der Waals surface area (Å²) in [6, 6.07) is 29.0. The maximum atomic E-state index is 12.3. The number of aliphatic hydroxyl groups excluding tert-OH is 1. The lowest BCUT2D eigenvalue weighted by Gasteiger charge is -2.43. The van der Waals surface area contributed by atoms with E-state index in [1.54, 1.807) is 24.3 Å². The minimum Gasteiger partial charge on any atom is -0.459 e. The molecule has 0 aromatic heterocycles. The van der Waals surface area contributed by atoms with Gasteiger partial charge in [-0.05, 0) is 27.5 Å². The van der Waals surface area contributed by atoms with Gasteiger partial charge in [-0.15, -0.1) is 0 Å². The SMILES string of the molecule is CC(C)(C)[Si](OCC[C@@](O)(CO)COC(=O)c1ccccc1)(c1ccccc1)c1ccccc1. The average Bonchev–Trinajstić information content (AvgIpc) is 2.86. The third-order valence-electron chi connectivity index (χ3n) is 6.08. The number of benzene rings is 3. The minimum absolute atomic E-state index is 0.121. The molecule has 0 aliphatic rings. The largest absolute Gasteiger partial charge is 0.459 e. The number of aliphatic hydroxyl groups is 2. The van der Waals surface area contributed by atoms with Gasteiger partial charge in [0, 0.05) is 13.0 Å². The summed E-state index contributed by atoms with van der Waals surface area (Å²) in [6.45, 7) is 5.88. The van der Waals surface area contributed by atoms with Gasteiger partial charge in [-0.1, -0.05) is 99.6 Å². The Kier molecular flexibility index (Phi) is 8.44. The molecule has 0 heterocycles. The van der Waals surface area contributed by atoms with Crippen LogP contribution in [-0.4, -0.2) is 49.9 Å². The Hall–Kier alpha value is -2.77. The molecular weight excluding hydrogens is 444 g/mol. The molecule has 0 saturated heterocycles. The summed E-state index contributed by atoms with van der Waals surface area (Å²) in [4.78, 5) is 12.3. The van der Waals surface area contributed by atoms with E-state index in [0.29, 0.717) is 5.56 Å². The van der Waals surface area contributed by atoms with Crippen molar-refractivity contribution in [3.63, 3.8) is 0 Å². The summed E-state index contributed by atoms with van der Waals surface area (Å²) in [5.74, 6) is -0.541. The Bertz CT molecular complexity index is 995. The maximum absolute atomic E-state index is 12.3. The number of carbonyl (C=O) groups excluding carboxylic acids is 1. The first-order valence-electron chi connectivity index (χ1n) is 11.5. The third kappa shape index (κ3) is 5.83. The molecule has 0 aliphatic carbocycles. The predicted molar refractivity (Wildman–Crippen MR) is 137 cm³/mol. The van der Waals surface area contributed by atoms with E-state index >= 15 is 0 Å². The van der Waals surface area contributed by atoms with Crippen LogP contribution >= 0.6 is 0 Å². The first-order chi connectivity index (χ1) is 16.2. The van der Waals surface area contributed by atoms with Crippen molar-refractivity contribution >= 4 is 24.7 Å². The molecule has 3 aromatic carbocycles. The first kappa shape index (κ1) is 25.8. The van der Waals surface area contributed by atoms with Crippen LogP contribution in [0.1, 0.15) is 37.6 Å². The van der Waals surface area contributed by atoms with E-state index in [0.717, 1.165) is 10.4 Å². The molecular formula is C28H34O5Si. The normalized spacial score (nSPS) is 13.8. The van der Waals surface area contributed by atoms with Crippen LogP contribution in [0.2, 0.25) is 5.04 Å². The van der Waals surface area contributed by atoms with Crippen LogP contribution in [0.25, 0.3) is 0 Å². The molecule has 0 radical (unpaired) electrons. The van der Waals surface area contributed by atoms with Gasteiger partial charge in [0.15, 0.2) is 0 Å². The van der Waals surface area contributed by atoms with Gasteiger partial charge < -0.3 is 19.4 Å². The molecule has 3 rings (SSSR count). The van der Waals surface area contributed by atoms with Crippen LogP contribution in [-0.2, 0) is 9.16 Å². The zero-order valence-electron chi connectivity index (χ0n) is 20.1. The molecule has 5 nitrogen and oxygen atoms in total. The summed E-state index contributed by atoms with van der Waals surface area (Å²) in [7, 11) is -2.76. The van der Waals surface area contributed by atoms with Gasteiger partial charge in [0.1, 0.15) is 12.2 Å². The van der Waals surface area contributed by atoms with Crippen LogP contribution in [0, 0.1) is 0 Å². The molecule has 0 bridgehead atoms. The van der Waals surface area contributed by atoms with Gasteiger partial charge in [0.05, 0.1) is 12.2 Å². The highest BCUT2D eigenvalue weighted by Gasteiger charge is 2.50. The fraction of sp³-hybridized carbons (Fsp3) is 0.321. The Labute approximate surface area is 203 Å². The fourth-order valence-corrected chi connectivity index (χ4v) is 8.77. The zero-order valence-corrected chi connectivity index (χ0v) is 21.1. The van der Waals surface area contributed by atoms with E-state index in [1.165, 1.54) is 0 Å². The number of hydrogen-bond acceptors (Lipinski definition) is 5. The average molecular weight is 479 g/mol. The monoisotopic (exact) mass is 478 g/mol. The van der Waals surface area contributed by atoms with E-state index in [-0.39, 0.29) is 24.7 Å². The molecule has 6 heteroatoms. The highest BCUT2D eigenvalue weighted by molar-refractivity contribution is 6.99. The molecule has 180 valence electrons. The van der Waals surface area contributed by atoms with Gasteiger partial charge in [-0.25, -0.2) is 4.79 Å². The summed E-state index contributed by atoms with van der Waals surface area (Å²) in [5, 5.41) is 22.9. The van der Waals surface area contributed by atoms with Crippen molar-refractivity contribution in [1.29, 1.82) is 0 Å². The van der Waals surface area contributed by atoms with Gasteiger partial charge in [-0.2, -0.15) is 0 Å². The van der Waals surface area contributed by atoms with Crippen LogP contribution < -0.4 is 10.4 Å². The van der Waals surface area contributed by atoms with Crippen LogP contribution in [0.4, 0.5) is 0 Å². The Balaban J connectivity index is 1.80. The first-order valence-corrected chi connectivity index (χ1v) is 13.4. The van der Waals surface area contributed by atoms with Crippen molar-refractivity contribution in [1.82, 2.24) is 0 Å². The second-order valence-corrected chi connectivity index (χ2v) is 13.9. The number of carbonyl (C=O) groups is 1. The van der Waals surface area contributed by atoms with E-state index in [9.17, 15) is 15.0 Å². The minimum atomic E-state index is -2.76. The number of rotatable bonds is 10. The second kappa shape index (κ2) is 11.1. The van der Waals surface area contributed by atoms with Gasteiger partial charge in [-0.3, -0.25) is 0 Å². The van der Waals surface area contributed by atoms with E-state index in [4.69, 9.17) is 9.16 Å². The molecule has 0 amide bonds. The molecule has 2 N–H and O–H groups in total. The Morgan fingerprint density at radius 3 is 1.74 bits per heavy atom. The quantitative estimate of drug-likeness (QED) is 0.344. The van der Waals surface area contributed by atoms with E-state index in [2.05, 4.69) is 45.0 Å². The van der Waals surface area contributed by atoms with Crippen LogP contribution in [0.3, 0.4) is 0 Å². The molecule has 0 aliphatic heterocycles. The van der Waals surface area contributed by atoms with Gasteiger partial charge in [0.2, 0.25) is 0 Å². The topological polar surface area (TPSA) is 76.0 Å². The summed E-state index contributed by atoms with van der Waals surface area (Å²) in [5.41, 5.74) is -1.21. The van der Waals surface area contributed by atoms with Crippen LogP contribution in [0.5, 0.6) is 0 Å². The van der Waals surface area contributed by atoms with Crippen molar-refractivity contribution in [2.24, 2.45) is 0 Å². The molecule has 34 heavy (non-hydrogen) atoms. The Morgan fingerprint density at radius 1 is 0.824 bits per heavy atom. The molecule has 3 aromatic rings. The van der Waals surface area contributed by atoms with Crippen molar-refractivity contribution in [2.75, 3.05) is 19.8 Å². The van der Waals surface area contributed by atoms with Crippen molar-refractivity contribution in [2.45, 2.75) is 37.8 Å². The van der Waals surface area contributed by atoms with Crippen LogP contribution in [0.15, 0.2) is 91.0 Å². The number of hydrogen-bond donors (Lipinski definition) is 2. The smallest absolute Gasteiger partial charge is 0.338 e. The lowest BCUT2D eigenvalue weighted by atomic mass is 10.0. The second-order valence-electron chi connectivity index (χ2n) is 9.59. The molecule has 0 saturated carbocycles.